The van der Waals surface area contributed by atoms with E-state index >= 15 is 0 Å². The molecule has 0 heterocycles. The van der Waals surface area contributed by atoms with Crippen molar-refractivity contribution in [3.8, 4) is 0 Å². The fourth-order valence-electron chi connectivity index (χ4n) is 1.20. The molecule has 0 spiro atoms. The van der Waals surface area contributed by atoms with Crippen molar-refractivity contribution in [2.45, 2.75) is 20.8 Å². The highest BCUT2D eigenvalue weighted by Gasteiger charge is 2.21. The minimum atomic E-state index is -3.58. The van der Waals surface area contributed by atoms with Crippen molar-refractivity contribution in [3.05, 3.63) is 24.0 Å². The van der Waals surface area contributed by atoms with Gasteiger partial charge in [0.1, 0.15) is 5.82 Å². The van der Waals surface area contributed by atoms with E-state index in [-0.39, 0.29) is 11.6 Å². The lowest BCUT2D eigenvalue weighted by molar-refractivity contribution is -0.123. The first-order valence-electron chi connectivity index (χ1n) is 5.58. The Morgan fingerprint density at radius 2 is 1.84 bits per heavy atom. The second-order valence-electron chi connectivity index (χ2n) is 5.27. The van der Waals surface area contributed by atoms with Gasteiger partial charge in [-0.05, 0) is 18.2 Å². The number of nitrogens with one attached hydrogen (secondary N) is 2. The van der Waals surface area contributed by atoms with Crippen LogP contribution < -0.4 is 10.0 Å². The maximum atomic E-state index is 13.4. The number of benzene rings is 1. The lowest BCUT2D eigenvalue weighted by atomic mass is 9.95. The predicted molar refractivity (Wildman–Crippen MR) is 73.0 cm³/mol. The molecule has 0 radical (unpaired) electrons. The van der Waals surface area contributed by atoms with Crippen LogP contribution in [0.5, 0.6) is 0 Å². The van der Waals surface area contributed by atoms with E-state index in [1.54, 1.807) is 20.8 Å². The zero-order chi connectivity index (χ0) is 14.8. The third-order valence-corrected chi connectivity index (χ3v) is 2.79. The first-order chi connectivity index (χ1) is 8.49. The molecular weight excluding hydrogens is 271 g/mol. The average molecular weight is 288 g/mol. The molecule has 0 aromatic heterocycles. The lowest BCUT2D eigenvalue weighted by Crippen LogP contribution is -2.27. The van der Waals surface area contributed by atoms with Crippen molar-refractivity contribution in [1.29, 1.82) is 0 Å². The van der Waals surface area contributed by atoms with E-state index < -0.39 is 21.3 Å². The normalized spacial score (nSPS) is 12.1. The molecule has 106 valence electrons. The van der Waals surface area contributed by atoms with Crippen molar-refractivity contribution in [2.24, 2.45) is 5.41 Å². The highest BCUT2D eigenvalue weighted by atomic mass is 32.2. The van der Waals surface area contributed by atoms with Crippen molar-refractivity contribution in [1.82, 2.24) is 0 Å². The zero-order valence-electron chi connectivity index (χ0n) is 11.2. The van der Waals surface area contributed by atoms with E-state index in [1.807, 2.05) is 4.72 Å². The lowest BCUT2D eigenvalue weighted by Gasteiger charge is -2.18. The minimum Gasteiger partial charge on any atom is -0.326 e. The number of halogens is 1. The van der Waals surface area contributed by atoms with Gasteiger partial charge in [0.05, 0.1) is 11.9 Å². The van der Waals surface area contributed by atoms with Crippen LogP contribution in [-0.2, 0) is 14.8 Å². The van der Waals surface area contributed by atoms with E-state index in [1.165, 1.54) is 12.1 Å². The van der Waals surface area contributed by atoms with Crippen molar-refractivity contribution < 1.29 is 17.6 Å². The van der Waals surface area contributed by atoms with Crippen LogP contribution in [0, 0.1) is 11.2 Å². The average Bonchev–Trinajstić information content (AvgIpc) is 2.19. The Kier molecular flexibility index (Phi) is 4.19. The van der Waals surface area contributed by atoms with E-state index in [0.29, 0.717) is 5.69 Å². The van der Waals surface area contributed by atoms with Gasteiger partial charge in [-0.1, -0.05) is 20.8 Å². The number of carbonyl (C=O) groups excluding carboxylic acids is 1. The first-order valence-corrected chi connectivity index (χ1v) is 7.47. The van der Waals surface area contributed by atoms with Gasteiger partial charge in [0.15, 0.2) is 0 Å². The number of hydrogen-bond donors (Lipinski definition) is 2. The SMILES string of the molecule is CC(C)(C)C(=O)Nc1ccc(F)c(NS(C)(=O)=O)c1. The second kappa shape index (κ2) is 5.16. The topological polar surface area (TPSA) is 75.3 Å². The number of sulfonamides is 1. The number of anilines is 2. The molecule has 0 aliphatic rings. The molecule has 19 heavy (non-hydrogen) atoms. The molecule has 1 amide bonds. The quantitative estimate of drug-likeness (QED) is 0.895. The van der Waals surface area contributed by atoms with Crippen molar-refractivity contribution in [2.75, 3.05) is 16.3 Å². The van der Waals surface area contributed by atoms with Crippen LogP contribution in [-0.4, -0.2) is 20.6 Å². The molecule has 0 fully saturated rings. The summed E-state index contributed by atoms with van der Waals surface area (Å²) >= 11 is 0. The van der Waals surface area contributed by atoms with Gasteiger partial charge in [-0.15, -0.1) is 0 Å². The standard InChI is InChI=1S/C12H17FN2O3S/c1-12(2,3)11(16)14-8-5-6-9(13)10(7-8)15-19(4,17)18/h5-7,15H,1-4H3,(H,14,16). The van der Waals surface area contributed by atoms with E-state index in [4.69, 9.17) is 0 Å². The van der Waals surface area contributed by atoms with Crippen LogP contribution in [0.1, 0.15) is 20.8 Å². The van der Waals surface area contributed by atoms with Crippen LogP contribution in [0.4, 0.5) is 15.8 Å². The molecule has 0 unspecified atom stereocenters. The number of carbonyl (C=O) groups is 1. The third-order valence-electron chi connectivity index (χ3n) is 2.20. The third kappa shape index (κ3) is 4.86. The largest absolute Gasteiger partial charge is 0.326 e. The second-order valence-corrected chi connectivity index (χ2v) is 7.02. The molecule has 0 saturated carbocycles. The Morgan fingerprint density at radius 1 is 1.26 bits per heavy atom. The Balaban J connectivity index is 3.00. The molecule has 0 aliphatic heterocycles. The van der Waals surface area contributed by atoms with Gasteiger partial charge in [-0.2, -0.15) is 0 Å². The molecule has 0 saturated heterocycles. The minimum absolute atomic E-state index is 0.200. The first kappa shape index (κ1) is 15.4. The Morgan fingerprint density at radius 3 is 2.32 bits per heavy atom. The van der Waals surface area contributed by atoms with Crippen LogP contribution in [0.3, 0.4) is 0 Å². The van der Waals surface area contributed by atoms with Gasteiger partial charge in [0, 0.05) is 11.1 Å². The molecule has 1 aromatic rings. The van der Waals surface area contributed by atoms with Crippen LogP contribution in [0.25, 0.3) is 0 Å². The Hall–Kier alpha value is -1.63. The molecular formula is C12H17FN2O3S. The summed E-state index contributed by atoms with van der Waals surface area (Å²) in [5.41, 5.74) is -0.472. The smallest absolute Gasteiger partial charge is 0.229 e. The van der Waals surface area contributed by atoms with Gasteiger partial charge in [0.25, 0.3) is 0 Å². The molecule has 0 bridgehead atoms. The van der Waals surface area contributed by atoms with Gasteiger partial charge >= 0.3 is 0 Å². The van der Waals surface area contributed by atoms with E-state index in [9.17, 15) is 17.6 Å². The summed E-state index contributed by atoms with van der Waals surface area (Å²) in [4.78, 5) is 11.8. The van der Waals surface area contributed by atoms with Gasteiger partial charge in [0.2, 0.25) is 15.9 Å². The fraction of sp³-hybridized carbons (Fsp3) is 0.417. The van der Waals surface area contributed by atoms with Crippen LogP contribution in [0.15, 0.2) is 18.2 Å². The summed E-state index contributed by atoms with van der Waals surface area (Å²) in [5, 5.41) is 2.59. The molecule has 1 aromatic carbocycles. The number of hydrogen-bond acceptors (Lipinski definition) is 3. The van der Waals surface area contributed by atoms with Gasteiger partial charge in [-0.3, -0.25) is 9.52 Å². The van der Waals surface area contributed by atoms with Gasteiger partial charge < -0.3 is 5.32 Å². The van der Waals surface area contributed by atoms with Crippen LogP contribution >= 0.6 is 0 Å². The molecule has 7 heteroatoms. The summed E-state index contributed by atoms with van der Waals surface area (Å²) in [6, 6.07) is 3.69. The maximum absolute atomic E-state index is 13.4. The zero-order valence-corrected chi connectivity index (χ0v) is 12.1. The monoisotopic (exact) mass is 288 g/mol. The fourth-order valence-corrected chi connectivity index (χ4v) is 1.76. The van der Waals surface area contributed by atoms with Crippen LogP contribution in [0.2, 0.25) is 0 Å². The molecule has 2 N–H and O–H groups in total. The maximum Gasteiger partial charge on any atom is 0.229 e. The molecule has 1 rings (SSSR count). The molecule has 0 atom stereocenters. The highest BCUT2D eigenvalue weighted by molar-refractivity contribution is 7.92. The predicted octanol–water partition coefficient (Wildman–Crippen LogP) is 2.18. The van der Waals surface area contributed by atoms with Gasteiger partial charge in [-0.25, -0.2) is 12.8 Å². The highest BCUT2D eigenvalue weighted by Crippen LogP contribution is 2.23. The van der Waals surface area contributed by atoms with E-state index in [2.05, 4.69) is 5.32 Å². The van der Waals surface area contributed by atoms with E-state index in [0.717, 1.165) is 12.3 Å². The number of rotatable bonds is 3. The summed E-state index contributed by atoms with van der Waals surface area (Å²) < 4.78 is 37.6. The Labute approximate surface area is 112 Å². The summed E-state index contributed by atoms with van der Waals surface area (Å²) in [5.74, 6) is -0.955. The number of amides is 1. The summed E-state index contributed by atoms with van der Waals surface area (Å²) in [7, 11) is -3.58. The molecule has 0 aliphatic carbocycles. The summed E-state index contributed by atoms with van der Waals surface area (Å²) in [6.07, 6.45) is 0.923. The Bertz CT molecular complexity index is 591. The summed E-state index contributed by atoms with van der Waals surface area (Å²) in [6.45, 7) is 5.21. The molecule has 5 nitrogen and oxygen atoms in total. The van der Waals surface area contributed by atoms with Crippen molar-refractivity contribution >= 4 is 27.3 Å². The van der Waals surface area contributed by atoms with Crippen molar-refractivity contribution in [3.63, 3.8) is 0 Å².